The Morgan fingerprint density at radius 1 is 1.17 bits per heavy atom. The summed E-state index contributed by atoms with van der Waals surface area (Å²) < 4.78 is 0. The number of carbonyl (C=O) groups is 1. The molecule has 5 heteroatoms. The molecule has 1 saturated heterocycles. The van der Waals surface area contributed by atoms with Crippen molar-refractivity contribution in [1.29, 1.82) is 0 Å². The summed E-state index contributed by atoms with van der Waals surface area (Å²) in [5.74, 6) is -0.315. The molecule has 1 amide bonds. The molecular formula is C19H23N3O2. The fourth-order valence-electron chi connectivity index (χ4n) is 3.02. The number of benzene rings is 1. The van der Waals surface area contributed by atoms with Gasteiger partial charge in [0.1, 0.15) is 0 Å². The molecule has 0 saturated carbocycles. The number of amides is 1. The lowest BCUT2D eigenvalue weighted by atomic mass is 10.0. The van der Waals surface area contributed by atoms with E-state index in [0.29, 0.717) is 5.56 Å². The van der Waals surface area contributed by atoms with Crippen LogP contribution in [0, 0.1) is 0 Å². The van der Waals surface area contributed by atoms with Crippen LogP contribution in [0.5, 0.6) is 0 Å². The zero-order chi connectivity index (χ0) is 16.8. The number of hydrogen-bond acceptors (Lipinski definition) is 4. The zero-order valence-corrected chi connectivity index (χ0v) is 13.6. The molecule has 1 aromatic carbocycles. The van der Waals surface area contributed by atoms with Crippen LogP contribution in [0.1, 0.15) is 30.2 Å². The third kappa shape index (κ3) is 4.40. The zero-order valence-electron chi connectivity index (χ0n) is 13.6. The van der Waals surface area contributed by atoms with Crippen molar-refractivity contribution >= 4 is 5.91 Å². The predicted octanol–water partition coefficient (Wildman–Crippen LogP) is 1.90. The largest absolute Gasteiger partial charge is 0.378 e. The number of likely N-dealkylation sites (tertiary alicyclic amines) is 1. The van der Waals surface area contributed by atoms with E-state index >= 15 is 0 Å². The normalized spacial score (nSPS) is 17.4. The fraction of sp³-hybridized carbons (Fsp3) is 0.368. The van der Waals surface area contributed by atoms with Crippen molar-refractivity contribution in [3.05, 3.63) is 66.0 Å². The number of pyridine rings is 1. The van der Waals surface area contributed by atoms with Crippen LogP contribution in [0.2, 0.25) is 0 Å². The van der Waals surface area contributed by atoms with Crippen LogP contribution in [0.3, 0.4) is 0 Å². The van der Waals surface area contributed by atoms with Crippen LogP contribution in [0.25, 0.3) is 0 Å². The van der Waals surface area contributed by atoms with E-state index in [1.165, 1.54) is 0 Å². The first kappa shape index (κ1) is 16.6. The van der Waals surface area contributed by atoms with E-state index in [1.54, 1.807) is 12.1 Å². The Morgan fingerprint density at radius 3 is 2.54 bits per heavy atom. The molecule has 2 heterocycles. The minimum atomic E-state index is -1.10. The molecule has 2 N–H and O–H groups in total. The molecule has 1 aliphatic rings. The van der Waals surface area contributed by atoms with Gasteiger partial charge in [0.05, 0.1) is 5.69 Å². The number of aromatic nitrogens is 1. The highest BCUT2D eigenvalue weighted by molar-refractivity contribution is 5.82. The van der Waals surface area contributed by atoms with E-state index in [2.05, 4.69) is 15.2 Å². The van der Waals surface area contributed by atoms with Crippen LogP contribution < -0.4 is 5.32 Å². The van der Waals surface area contributed by atoms with E-state index in [4.69, 9.17) is 0 Å². The molecule has 24 heavy (non-hydrogen) atoms. The standard InChI is InChI=1S/C19H23N3O2/c23-18(15-6-2-1-3-7-15)19(24)21-16-9-12-22(13-10-16)14-17-8-4-5-11-20-17/h1-8,11,16,18,23H,9-10,12-14H2,(H,21,24). The molecule has 5 nitrogen and oxygen atoms in total. The Kier molecular flexibility index (Phi) is 5.56. The van der Waals surface area contributed by atoms with Gasteiger partial charge in [0.2, 0.25) is 0 Å². The van der Waals surface area contributed by atoms with E-state index in [-0.39, 0.29) is 11.9 Å². The Labute approximate surface area is 142 Å². The number of carbonyl (C=O) groups excluding carboxylic acids is 1. The van der Waals surface area contributed by atoms with Gasteiger partial charge in [-0.15, -0.1) is 0 Å². The Balaban J connectivity index is 1.46. The molecule has 1 aliphatic heterocycles. The highest BCUT2D eigenvalue weighted by atomic mass is 16.3. The fourth-order valence-corrected chi connectivity index (χ4v) is 3.02. The summed E-state index contributed by atoms with van der Waals surface area (Å²) in [5.41, 5.74) is 1.70. The van der Waals surface area contributed by atoms with Crippen LogP contribution in [-0.4, -0.2) is 40.0 Å². The van der Waals surface area contributed by atoms with E-state index < -0.39 is 6.10 Å². The number of nitrogens with one attached hydrogen (secondary N) is 1. The SMILES string of the molecule is O=C(NC1CCN(Cc2ccccn2)CC1)C(O)c1ccccc1. The number of aliphatic hydroxyl groups excluding tert-OH is 1. The highest BCUT2D eigenvalue weighted by Crippen LogP contribution is 2.16. The van der Waals surface area contributed by atoms with Gasteiger partial charge in [0.25, 0.3) is 5.91 Å². The van der Waals surface area contributed by atoms with Gasteiger partial charge in [0.15, 0.2) is 6.10 Å². The number of piperidine rings is 1. The van der Waals surface area contributed by atoms with Crippen molar-refractivity contribution in [3.63, 3.8) is 0 Å². The molecule has 0 bridgehead atoms. The third-order valence-electron chi connectivity index (χ3n) is 4.41. The van der Waals surface area contributed by atoms with Gasteiger partial charge in [0, 0.05) is 31.9 Å². The molecule has 1 unspecified atom stereocenters. The lowest BCUT2D eigenvalue weighted by Gasteiger charge is -2.32. The van der Waals surface area contributed by atoms with Gasteiger partial charge in [-0.2, -0.15) is 0 Å². The first-order chi connectivity index (χ1) is 11.7. The third-order valence-corrected chi connectivity index (χ3v) is 4.41. The van der Waals surface area contributed by atoms with Gasteiger partial charge in [-0.05, 0) is 30.5 Å². The topological polar surface area (TPSA) is 65.5 Å². The first-order valence-electron chi connectivity index (χ1n) is 8.38. The van der Waals surface area contributed by atoms with Crippen LogP contribution in [-0.2, 0) is 11.3 Å². The summed E-state index contributed by atoms with van der Waals surface area (Å²) in [6.07, 6.45) is 2.49. The molecule has 3 rings (SSSR count). The minimum Gasteiger partial charge on any atom is -0.378 e. The number of hydrogen-bond donors (Lipinski definition) is 2. The predicted molar refractivity (Wildman–Crippen MR) is 92.1 cm³/mol. The number of nitrogens with zero attached hydrogens (tertiary/aromatic N) is 2. The quantitative estimate of drug-likeness (QED) is 0.881. The summed E-state index contributed by atoms with van der Waals surface area (Å²) in [6, 6.07) is 15.1. The Hall–Kier alpha value is -2.24. The Bertz CT molecular complexity index is 640. The van der Waals surface area contributed by atoms with Crippen LogP contribution in [0.4, 0.5) is 0 Å². The van der Waals surface area contributed by atoms with Crippen molar-refractivity contribution < 1.29 is 9.90 Å². The summed E-state index contributed by atoms with van der Waals surface area (Å²) in [6.45, 7) is 2.68. The van der Waals surface area contributed by atoms with Crippen LogP contribution >= 0.6 is 0 Å². The van der Waals surface area contributed by atoms with Gasteiger partial charge in [-0.3, -0.25) is 14.7 Å². The van der Waals surface area contributed by atoms with Gasteiger partial charge in [-0.25, -0.2) is 0 Å². The molecular weight excluding hydrogens is 302 g/mol. The monoisotopic (exact) mass is 325 g/mol. The lowest BCUT2D eigenvalue weighted by molar-refractivity contribution is -0.130. The number of rotatable bonds is 5. The van der Waals surface area contributed by atoms with Gasteiger partial charge in [-0.1, -0.05) is 36.4 Å². The molecule has 1 aromatic heterocycles. The molecule has 1 atom stereocenters. The second kappa shape index (κ2) is 8.04. The van der Waals surface area contributed by atoms with Crippen molar-refractivity contribution in [2.24, 2.45) is 0 Å². The summed E-state index contributed by atoms with van der Waals surface area (Å²) in [7, 11) is 0. The first-order valence-corrected chi connectivity index (χ1v) is 8.38. The number of aliphatic hydroxyl groups is 1. The maximum Gasteiger partial charge on any atom is 0.253 e. The second-order valence-electron chi connectivity index (χ2n) is 6.19. The highest BCUT2D eigenvalue weighted by Gasteiger charge is 2.24. The van der Waals surface area contributed by atoms with Gasteiger partial charge < -0.3 is 10.4 Å². The molecule has 1 fully saturated rings. The minimum absolute atomic E-state index is 0.121. The maximum atomic E-state index is 12.2. The van der Waals surface area contributed by atoms with Crippen molar-refractivity contribution in [2.75, 3.05) is 13.1 Å². The summed E-state index contributed by atoms with van der Waals surface area (Å²) in [5, 5.41) is 13.1. The van der Waals surface area contributed by atoms with E-state index in [9.17, 15) is 9.90 Å². The molecule has 0 aliphatic carbocycles. The second-order valence-corrected chi connectivity index (χ2v) is 6.19. The molecule has 0 spiro atoms. The van der Waals surface area contributed by atoms with E-state index in [0.717, 1.165) is 38.2 Å². The van der Waals surface area contributed by atoms with Crippen LogP contribution in [0.15, 0.2) is 54.7 Å². The smallest absolute Gasteiger partial charge is 0.253 e. The van der Waals surface area contributed by atoms with Crippen molar-refractivity contribution in [2.45, 2.75) is 31.5 Å². The van der Waals surface area contributed by atoms with Crippen molar-refractivity contribution in [3.8, 4) is 0 Å². The average molecular weight is 325 g/mol. The molecule has 2 aromatic rings. The molecule has 126 valence electrons. The Morgan fingerprint density at radius 2 is 1.88 bits per heavy atom. The lowest BCUT2D eigenvalue weighted by Crippen LogP contribution is -2.45. The maximum absolute atomic E-state index is 12.2. The average Bonchev–Trinajstić information content (AvgIpc) is 2.64. The molecule has 0 radical (unpaired) electrons. The summed E-state index contributed by atoms with van der Waals surface area (Å²) in [4.78, 5) is 18.9. The van der Waals surface area contributed by atoms with E-state index in [1.807, 2.05) is 42.6 Å². The summed E-state index contributed by atoms with van der Waals surface area (Å²) >= 11 is 0. The van der Waals surface area contributed by atoms with Gasteiger partial charge >= 0.3 is 0 Å². The van der Waals surface area contributed by atoms with Crippen molar-refractivity contribution in [1.82, 2.24) is 15.2 Å².